The molecule has 584 valence electrons. The zero-order valence-corrected chi connectivity index (χ0v) is 98.4. The van der Waals surface area contributed by atoms with Gasteiger partial charge in [-0.2, -0.15) is 0 Å². The molecule has 0 saturated carbocycles. The Bertz CT molecular complexity index is 2010. The summed E-state index contributed by atoms with van der Waals surface area (Å²) in [4.78, 5) is 0. The first-order valence-electron chi connectivity index (χ1n) is 20.6. The summed E-state index contributed by atoms with van der Waals surface area (Å²) in [7, 11) is 0. The summed E-state index contributed by atoms with van der Waals surface area (Å²) in [6.07, 6.45) is -19.5. The van der Waals surface area contributed by atoms with Crippen molar-refractivity contribution in [2.75, 3.05) is 0 Å². The van der Waals surface area contributed by atoms with Crippen molar-refractivity contribution in [2.45, 2.75) is 75.5 Å². The van der Waals surface area contributed by atoms with E-state index < -0.39 is 75.5 Å². The standard InChI is InChI=1S/6C8H10O4.19H2O.12Pr/c2*9-7(10)5-1-2-6(4-3-5)8(11)12;4*9-7(10)5-3-1-2-4-6(5)8(11)12;;;;;;;;;;;;;;;;;;;;;;;;;;;;;;;/h6*1-4,7-12H;19*1H2;;;;;;;;;;;;. The summed E-state index contributed by atoms with van der Waals surface area (Å²) < 4.78 is 0. The average Bonchev–Trinajstić information content (AvgIpc) is 3.34. The molecule has 0 aliphatic rings. The van der Waals surface area contributed by atoms with Crippen LogP contribution in [0.4, 0.5) is 0 Å². The summed E-state index contributed by atoms with van der Waals surface area (Å²) in [6.45, 7) is 0. The van der Waals surface area contributed by atoms with Gasteiger partial charge in [0.1, 0.15) is 0 Å². The van der Waals surface area contributed by atoms with E-state index >= 15 is 0 Å². The molecular formula is C48H98O43Pr12. The smallest absolute Gasteiger partial charge is 0.178 e. The average molecular weight is 3050 g/mol. The predicted octanol–water partition coefficient (Wildman–Crippen LogP) is -17.8. The molecule has 6 aromatic carbocycles. The van der Waals surface area contributed by atoms with E-state index in [-0.39, 0.29) is 644 Å². The van der Waals surface area contributed by atoms with E-state index in [0.717, 1.165) is 0 Å². The second-order valence-electron chi connectivity index (χ2n) is 14.3. The Balaban J connectivity index is -0.0000000196. The van der Waals surface area contributed by atoms with Crippen LogP contribution in [-0.2, 0) is 0 Å². The summed E-state index contributed by atoms with van der Waals surface area (Å²) in [5.41, 5.74) is 2.11. The quantitative estimate of drug-likeness (QED) is 0.0506. The fourth-order valence-electron chi connectivity index (χ4n) is 5.61. The minimum absolute atomic E-state index is 0. The Kier molecular flexibility index (Phi) is 251. The van der Waals surface area contributed by atoms with E-state index in [1.54, 1.807) is 48.5 Å². The van der Waals surface area contributed by atoms with Gasteiger partial charge in [0.25, 0.3) is 0 Å². The molecule has 0 saturated heterocycles. The van der Waals surface area contributed by atoms with Crippen molar-refractivity contribution in [1.82, 2.24) is 0 Å². The molecule has 0 unspecified atom stereocenters. The van der Waals surface area contributed by atoms with Crippen molar-refractivity contribution in [3.63, 3.8) is 0 Å². The van der Waals surface area contributed by atoms with Gasteiger partial charge in [-0.3, -0.25) is 0 Å². The molecule has 0 atom stereocenters. The van der Waals surface area contributed by atoms with Crippen LogP contribution in [0.5, 0.6) is 0 Å². The molecular weight excluding hydrogens is 2960 g/mol. The Morgan fingerprint density at radius 2 is 0.184 bits per heavy atom. The minimum Gasteiger partial charge on any atom is -0.412 e. The molecule has 43 nitrogen and oxygen atoms in total. The molecule has 6 rings (SSSR count). The third-order valence-corrected chi connectivity index (χ3v) is 9.27. The summed E-state index contributed by atoms with van der Waals surface area (Å²) in [6, 6.07) is 35.3. The van der Waals surface area contributed by atoms with E-state index in [1.165, 1.54) is 97.1 Å². The first-order chi connectivity index (χ1) is 33.7. The van der Waals surface area contributed by atoms with Gasteiger partial charge in [0.05, 0.1) is 0 Å². The first kappa shape index (κ1) is 211. The summed E-state index contributed by atoms with van der Waals surface area (Å²) >= 11 is 0. The van der Waals surface area contributed by atoms with Crippen LogP contribution in [0.2, 0.25) is 0 Å². The second-order valence-corrected chi connectivity index (χ2v) is 14.3. The number of rotatable bonds is 12. The Labute approximate surface area is 987 Å². The van der Waals surface area contributed by atoms with Crippen molar-refractivity contribution < 1.29 is 722 Å². The molecule has 55 heteroatoms. The fourth-order valence-corrected chi connectivity index (χ4v) is 5.61. The van der Waals surface area contributed by atoms with E-state index in [1.807, 2.05) is 0 Å². The van der Waals surface area contributed by atoms with Gasteiger partial charge in [0.15, 0.2) is 75.5 Å². The van der Waals surface area contributed by atoms with Crippen molar-refractivity contribution in [3.8, 4) is 0 Å². The monoisotopic (exact) mass is 3050 g/mol. The predicted molar refractivity (Wildman–Crippen MR) is 313 cm³/mol. The second kappa shape index (κ2) is 123. The molecule has 0 fully saturated rings. The van der Waals surface area contributed by atoms with Crippen molar-refractivity contribution in [3.05, 3.63) is 212 Å². The molecule has 0 spiro atoms. The van der Waals surface area contributed by atoms with Gasteiger partial charge < -0.3 is 227 Å². The van der Waals surface area contributed by atoms with Crippen LogP contribution in [-0.4, -0.2) is 227 Å². The Morgan fingerprint density at radius 3 is 0.233 bits per heavy atom. The van der Waals surface area contributed by atoms with Crippen molar-refractivity contribution in [2.24, 2.45) is 0 Å². The number of hydrogen-bond acceptors (Lipinski definition) is 24. The molecule has 12 radical (unpaired) electrons. The van der Waals surface area contributed by atoms with Gasteiger partial charge in [-0.05, 0) is 0 Å². The van der Waals surface area contributed by atoms with Gasteiger partial charge in [-0.25, -0.2) is 0 Å². The third-order valence-electron chi connectivity index (χ3n) is 9.27. The third kappa shape index (κ3) is 91.0. The molecule has 0 heterocycles. The number of aliphatic hydroxyl groups excluding tert-OH is 12. The van der Waals surface area contributed by atoms with Crippen LogP contribution in [0.3, 0.4) is 0 Å². The molecule has 0 aromatic heterocycles. The fraction of sp³-hybridized carbons (Fsp3) is 0.250. The van der Waals surface area contributed by atoms with E-state index in [9.17, 15) is 0 Å². The van der Waals surface area contributed by atoms with Crippen LogP contribution < -0.4 is 0 Å². The maximum atomic E-state index is 8.79. The molecule has 62 N–H and O–H groups in total. The molecule has 0 bridgehead atoms. The maximum absolute atomic E-state index is 8.79. The van der Waals surface area contributed by atoms with Gasteiger partial charge in [0.2, 0.25) is 0 Å². The topological polar surface area (TPSA) is 1080 Å². The Morgan fingerprint density at radius 1 is 0.117 bits per heavy atom. The van der Waals surface area contributed by atoms with Crippen LogP contribution in [0.1, 0.15) is 142 Å². The maximum Gasteiger partial charge on any atom is 0.178 e. The molecule has 6 aromatic rings. The van der Waals surface area contributed by atoms with E-state index in [0.29, 0.717) is 22.3 Å². The van der Waals surface area contributed by atoms with Crippen LogP contribution >= 0.6 is 0 Å². The molecule has 0 aliphatic heterocycles. The number of hydrogen-bond donors (Lipinski definition) is 24. The van der Waals surface area contributed by atoms with Crippen molar-refractivity contribution in [1.29, 1.82) is 0 Å². The van der Waals surface area contributed by atoms with Gasteiger partial charge in [-0.1, -0.05) is 146 Å². The molecule has 103 heavy (non-hydrogen) atoms. The normalized spacial score (nSPS) is 7.81. The van der Waals surface area contributed by atoms with Crippen LogP contribution in [0.25, 0.3) is 0 Å². The van der Waals surface area contributed by atoms with Crippen LogP contribution in [0.15, 0.2) is 146 Å². The summed E-state index contributed by atoms with van der Waals surface area (Å²) in [5, 5.41) is 210. The van der Waals surface area contributed by atoms with Gasteiger partial charge in [0, 0.05) is 562 Å². The minimum atomic E-state index is -1.68. The first-order valence-corrected chi connectivity index (χ1v) is 20.6. The zero-order valence-electron chi connectivity index (χ0n) is 53.9. The Hall–Kier alpha value is 9.96. The molecule has 0 aliphatic carbocycles. The van der Waals surface area contributed by atoms with Gasteiger partial charge >= 0.3 is 0 Å². The summed E-state index contributed by atoms with van der Waals surface area (Å²) in [5.74, 6) is 0. The van der Waals surface area contributed by atoms with E-state index in [2.05, 4.69) is 0 Å². The largest absolute Gasteiger partial charge is 0.412 e. The number of benzene rings is 6. The number of aliphatic hydroxyl groups is 24. The van der Waals surface area contributed by atoms with E-state index in [4.69, 9.17) is 123 Å². The zero-order chi connectivity index (χ0) is 54.8. The van der Waals surface area contributed by atoms with Crippen LogP contribution in [0, 0.1) is 496 Å². The van der Waals surface area contributed by atoms with Crippen molar-refractivity contribution >= 4 is 0 Å². The SMILES string of the molecule is O.O.O.O.O.O.O.O.O.O.O.O.O.O.O.O.O.O.O.OC(O)c1ccc(C(O)O)cc1.OC(O)c1ccc(C(O)O)cc1.OC(O)c1ccccc1C(O)O.OC(O)c1ccccc1C(O)O.OC(O)c1ccccc1C(O)O.OC(O)c1ccccc1C(O)O.[Pr].[Pr].[Pr].[Pr].[Pr].[Pr].[Pr].[Pr].[Pr].[Pr].[Pr].[Pr]. The molecule has 0 amide bonds. The van der Waals surface area contributed by atoms with Gasteiger partial charge in [-0.15, -0.1) is 0 Å².